The number of fused-ring (bicyclic) bond motifs is 1. The Kier molecular flexibility index (Phi) is 5.51. The molecule has 2 heterocycles. The lowest BCUT2D eigenvalue weighted by atomic mass is 9.96. The van der Waals surface area contributed by atoms with Crippen LogP contribution in [0.5, 0.6) is 0 Å². The zero-order chi connectivity index (χ0) is 19.7. The molecule has 0 saturated heterocycles. The Hall–Kier alpha value is -2.18. The van der Waals surface area contributed by atoms with E-state index >= 15 is 0 Å². The topological polar surface area (TPSA) is 62.6 Å². The molecule has 4 rings (SSSR count). The Morgan fingerprint density at radius 2 is 2.00 bits per heavy atom. The van der Waals surface area contributed by atoms with Gasteiger partial charge in [-0.2, -0.15) is 0 Å². The van der Waals surface area contributed by atoms with E-state index in [0.717, 1.165) is 29.8 Å². The van der Waals surface area contributed by atoms with Crippen molar-refractivity contribution in [1.82, 2.24) is 5.32 Å². The van der Waals surface area contributed by atoms with E-state index in [2.05, 4.69) is 22.1 Å². The first-order valence-electron chi connectivity index (χ1n) is 10.1. The number of amides is 2. The summed E-state index contributed by atoms with van der Waals surface area (Å²) in [6.07, 6.45) is 3.58. The summed E-state index contributed by atoms with van der Waals surface area (Å²) >= 11 is 1.85. The second kappa shape index (κ2) is 8.05. The third kappa shape index (κ3) is 4.13. The van der Waals surface area contributed by atoms with E-state index in [1.807, 2.05) is 43.4 Å². The fourth-order valence-corrected chi connectivity index (χ4v) is 5.15. The Morgan fingerprint density at radius 1 is 1.18 bits per heavy atom. The Balaban J connectivity index is 1.31. The molecule has 1 aromatic heterocycles. The van der Waals surface area contributed by atoms with E-state index in [1.54, 1.807) is 0 Å². The Bertz CT molecular complexity index is 888. The minimum absolute atomic E-state index is 0.0112. The molecule has 1 aliphatic heterocycles. The van der Waals surface area contributed by atoms with Crippen LogP contribution in [0.25, 0.3) is 0 Å². The molecule has 2 aromatic rings. The monoisotopic (exact) mass is 398 g/mol. The van der Waals surface area contributed by atoms with E-state index in [-0.39, 0.29) is 18.4 Å². The van der Waals surface area contributed by atoms with Crippen molar-refractivity contribution in [2.75, 3.05) is 25.0 Å². The summed E-state index contributed by atoms with van der Waals surface area (Å²) in [5.74, 6) is 0.481. The van der Waals surface area contributed by atoms with Gasteiger partial charge in [0.15, 0.2) is 6.54 Å². The molecule has 6 heteroatoms. The molecule has 0 bridgehead atoms. The lowest BCUT2D eigenvalue weighted by Gasteiger charge is -2.32. The normalized spacial score (nSPS) is 21.1. The molecule has 1 saturated carbocycles. The number of hydrogen-bond donors (Lipinski definition) is 3. The quantitative estimate of drug-likeness (QED) is 0.697. The predicted molar refractivity (Wildman–Crippen MR) is 112 cm³/mol. The zero-order valence-corrected chi connectivity index (χ0v) is 17.3. The lowest BCUT2D eigenvalue weighted by Crippen LogP contribution is -3.14. The average molecular weight is 399 g/mol. The van der Waals surface area contributed by atoms with Crippen LogP contribution >= 0.6 is 11.3 Å². The van der Waals surface area contributed by atoms with Gasteiger partial charge in [-0.25, -0.2) is 0 Å². The molecule has 1 aliphatic carbocycles. The number of nitrogens with one attached hydrogen (secondary N) is 3. The molecule has 28 heavy (non-hydrogen) atoms. The highest BCUT2D eigenvalue weighted by Crippen LogP contribution is 2.42. The number of benzene rings is 1. The predicted octanol–water partition coefficient (Wildman–Crippen LogP) is 2.01. The Labute approximate surface area is 170 Å². The molecule has 2 amide bonds. The first kappa shape index (κ1) is 19.2. The van der Waals surface area contributed by atoms with Gasteiger partial charge in [0.05, 0.1) is 13.1 Å². The highest BCUT2D eigenvalue weighted by molar-refractivity contribution is 7.10. The maximum Gasteiger partial charge on any atom is 0.275 e. The summed E-state index contributed by atoms with van der Waals surface area (Å²) in [6, 6.07) is 8.52. The second-order valence-corrected chi connectivity index (χ2v) is 9.02. The van der Waals surface area contributed by atoms with E-state index in [9.17, 15) is 9.59 Å². The van der Waals surface area contributed by atoms with Crippen molar-refractivity contribution < 1.29 is 14.5 Å². The first-order chi connectivity index (χ1) is 13.5. The molecule has 3 N–H and O–H groups in total. The maximum absolute atomic E-state index is 12.5. The highest BCUT2D eigenvalue weighted by atomic mass is 32.1. The fourth-order valence-electron chi connectivity index (χ4n) is 4.22. The van der Waals surface area contributed by atoms with Crippen molar-refractivity contribution in [3.63, 3.8) is 0 Å². The third-order valence-electron chi connectivity index (χ3n) is 6.03. The molecule has 5 nitrogen and oxygen atoms in total. The zero-order valence-electron chi connectivity index (χ0n) is 16.5. The van der Waals surface area contributed by atoms with E-state index in [0.29, 0.717) is 18.5 Å². The number of carbonyl (C=O) groups is 2. The number of hydrogen-bond acceptors (Lipinski definition) is 3. The van der Waals surface area contributed by atoms with Gasteiger partial charge >= 0.3 is 0 Å². The third-order valence-corrected chi connectivity index (χ3v) is 7.03. The molecular formula is C22H28N3O2S+. The van der Waals surface area contributed by atoms with E-state index in [4.69, 9.17) is 0 Å². The molecule has 0 radical (unpaired) electrons. The minimum atomic E-state index is -0.186. The molecule has 148 valence electrons. The second-order valence-electron chi connectivity index (χ2n) is 8.02. The molecule has 1 unspecified atom stereocenters. The van der Waals surface area contributed by atoms with Gasteiger partial charge in [0.1, 0.15) is 6.04 Å². The van der Waals surface area contributed by atoms with Gasteiger partial charge < -0.3 is 15.5 Å². The molecule has 1 fully saturated rings. The van der Waals surface area contributed by atoms with Crippen molar-refractivity contribution in [3.05, 3.63) is 51.2 Å². The molecule has 1 aromatic carbocycles. The van der Waals surface area contributed by atoms with E-state index in [1.165, 1.54) is 28.2 Å². The van der Waals surface area contributed by atoms with Crippen molar-refractivity contribution >= 4 is 28.8 Å². The van der Waals surface area contributed by atoms with Crippen LogP contribution in [0.1, 0.15) is 40.5 Å². The number of anilines is 1. The van der Waals surface area contributed by atoms with Crippen LogP contribution in [-0.4, -0.2) is 31.4 Å². The molecular weight excluding hydrogens is 370 g/mol. The van der Waals surface area contributed by atoms with Crippen molar-refractivity contribution in [2.45, 2.75) is 39.2 Å². The van der Waals surface area contributed by atoms with Crippen LogP contribution in [0.4, 0.5) is 5.69 Å². The maximum atomic E-state index is 12.5. The summed E-state index contributed by atoms with van der Waals surface area (Å²) < 4.78 is 0. The van der Waals surface area contributed by atoms with Gasteiger partial charge in [0.2, 0.25) is 5.91 Å². The standard InChI is InChI=1S/C22H27N3O2S/c1-14-4-3-5-18(15(14)2)24-20(26)12-23-21(27)13-25-10-8-19-17(9-11-28-19)22(25)16-6-7-16/h3-5,9,11,16,22H,6-8,10,12-13H2,1-2H3,(H,23,27)(H,24,26)/p+1/t22-/m1/s1. The van der Waals surface area contributed by atoms with Crippen LogP contribution in [0.2, 0.25) is 0 Å². The van der Waals surface area contributed by atoms with Crippen molar-refractivity contribution in [1.29, 1.82) is 0 Å². The molecule has 2 atom stereocenters. The van der Waals surface area contributed by atoms with Crippen LogP contribution in [0.15, 0.2) is 29.6 Å². The molecule has 2 aliphatic rings. The van der Waals surface area contributed by atoms with Crippen molar-refractivity contribution in [3.8, 4) is 0 Å². The molecule has 0 spiro atoms. The van der Waals surface area contributed by atoms with Gasteiger partial charge in [-0.3, -0.25) is 9.59 Å². The summed E-state index contributed by atoms with van der Waals surface area (Å²) in [5.41, 5.74) is 4.45. The minimum Gasteiger partial charge on any atom is -0.342 e. The van der Waals surface area contributed by atoms with Crippen LogP contribution < -0.4 is 15.5 Å². The number of aryl methyl sites for hydroxylation is 1. The Morgan fingerprint density at radius 3 is 2.79 bits per heavy atom. The van der Waals surface area contributed by atoms with Crippen LogP contribution in [0, 0.1) is 19.8 Å². The largest absolute Gasteiger partial charge is 0.342 e. The van der Waals surface area contributed by atoms with Crippen LogP contribution in [-0.2, 0) is 16.0 Å². The summed E-state index contributed by atoms with van der Waals surface area (Å²) in [7, 11) is 0. The van der Waals surface area contributed by atoms with E-state index < -0.39 is 0 Å². The van der Waals surface area contributed by atoms with Crippen LogP contribution in [0.3, 0.4) is 0 Å². The summed E-state index contributed by atoms with van der Waals surface area (Å²) in [5, 5.41) is 7.89. The average Bonchev–Trinajstić information content (AvgIpc) is 3.39. The number of rotatable bonds is 6. The summed E-state index contributed by atoms with van der Waals surface area (Å²) in [6.45, 7) is 5.45. The van der Waals surface area contributed by atoms with Gasteiger partial charge in [0.25, 0.3) is 5.91 Å². The number of quaternary nitrogens is 1. The lowest BCUT2D eigenvalue weighted by molar-refractivity contribution is -0.928. The van der Waals surface area contributed by atoms with Crippen molar-refractivity contribution in [2.24, 2.45) is 5.92 Å². The van der Waals surface area contributed by atoms with Gasteiger partial charge in [0, 0.05) is 28.5 Å². The number of thiophene rings is 1. The van der Waals surface area contributed by atoms with Gasteiger partial charge in [-0.1, -0.05) is 12.1 Å². The smallest absolute Gasteiger partial charge is 0.275 e. The van der Waals surface area contributed by atoms with Gasteiger partial charge in [-0.15, -0.1) is 11.3 Å². The summed E-state index contributed by atoms with van der Waals surface area (Å²) in [4.78, 5) is 27.6. The fraction of sp³-hybridized carbons (Fsp3) is 0.455. The SMILES string of the molecule is Cc1cccc(NC(=O)CNC(=O)C[NH+]2CCc3sccc3[C@H]2C2CC2)c1C. The van der Waals surface area contributed by atoms with Gasteiger partial charge in [-0.05, 0) is 55.3 Å². The number of carbonyl (C=O) groups excluding carboxylic acids is 2. The highest BCUT2D eigenvalue weighted by Gasteiger charge is 2.43. The first-order valence-corrected chi connectivity index (χ1v) is 10.9.